The molecule has 1 fully saturated rings. The Labute approximate surface area is 147 Å². The van der Waals surface area contributed by atoms with E-state index in [1.807, 2.05) is 0 Å². The Morgan fingerprint density at radius 2 is 1.10 bits per heavy atom. The summed E-state index contributed by atoms with van der Waals surface area (Å²) < 4.78 is 2.27. The zero-order valence-corrected chi connectivity index (χ0v) is 17.4. The molecule has 1 saturated carbocycles. The lowest BCUT2D eigenvalue weighted by atomic mass is 10.0. The van der Waals surface area contributed by atoms with E-state index in [1.165, 1.54) is 57.5 Å². The first-order chi connectivity index (χ1) is 8.67. The highest BCUT2D eigenvalue weighted by atomic mass is 35.5. The Balaban J connectivity index is 0. The second-order valence-electron chi connectivity index (χ2n) is 8.36. The van der Waals surface area contributed by atoms with Crippen molar-refractivity contribution < 1.29 is 33.8 Å². The lowest BCUT2D eigenvalue weighted by molar-refractivity contribution is -0.868. The number of hydrogen-bond donors (Lipinski definition) is 0. The molecule has 0 atom stereocenters. The Hall–Kier alpha value is 0.930. The van der Waals surface area contributed by atoms with E-state index in [2.05, 4.69) is 42.3 Å². The molecule has 0 amide bonds. The van der Waals surface area contributed by atoms with Crippen molar-refractivity contribution in [3.05, 3.63) is 0 Å². The standard InChI is InChI=1S/C16H37N2P.2ClH/c1-17(2,3)12-14-19(15-13-18(4,5)6)16-10-8-7-9-11-16;;/h16H,7-15H2,1-6H3;2*1H/q+2;;/p-2. The molecule has 2 nitrogen and oxygen atoms in total. The van der Waals surface area contributed by atoms with E-state index >= 15 is 0 Å². The molecule has 0 saturated heterocycles. The summed E-state index contributed by atoms with van der Waals surface area (Å²) in [7, 11) is 14.3. The van der Waals surface area contributed by atoms with Crippen LogP contribution in [0.2, 0.25) is 0 Å². The van der Waals surface area contributed by atoms with Gasteiger partial charge in [-0.3, -0.25) is 0 Å². The molecule has 0 N–H and O–H groups in total. The largest absolute Gasteiger partial charge is 1.00 e. The van der Waals surface area contributed by atoms with Crippen LogP contribution < -0.4 is 24.8 Å². The normalized spacial score (nSPS) is 17.3. The molecule has 0 aliphatic heterocycles. The van der Waals surface area contributed by atoms with E-state index in [9.17, 15) is 0 Å². The van der Waals surface area contributed by atoms with E-state index in [4.69, 9.17) is 0 Å². The number of rotatable bonds is 7. The van der Waals surface area contributed by atoms with Crippen molar-refractivity contribution in [2.24, 2.45) is 0 Å². The van der Waals surface area contributed by atoms with E-state index in [0.717, 1.165) is 14.6 Å². The summed E-state index contributed by atoms with van der Waals surface area (Å²) >= 11 is 0. The molecule has 1 aliphatic rings. The van der Waals surface area contributed by atoms with Crippen molar-refractivity contribution in [3.8, 4) is 0 Å². The van der Waals surface area contributed by atoms with Crippen LogP contribution in [0.5, 0.6) is 0 Å². The highest BCUT2D eigenvalue weighted by Crippen LogP contribution is 2.47. The highest BCUT2D eigenvalue weighted by Gasteiger charge is 2.26. The minimum Gasteiger partial charge on any atom is -1.00 e. The van der Waals surface area contributed by atoms with Crippen LogP contribution in [0.3, 0.4) is 0 Å². The fourth-order valence-electron chi connectivity index (χ4n) is 2.78. The minimum atomic E-state index is 0. The summed E-state index contributed by atoms with van der Waals surface area (Å²) in [6, 6.07) is 0. The van der Waals surface area contributed by atoms with Gasteiger partial charge in [-0.25, -0.2) is 0 Å². The molecule has 1 rings (SSSR count). The Kier molecular flexibility index (Phi) is 12.3. The summed E-state index contributed by atoms with van der Waals surface area (Å²) in [6.07, 6.45) is 10.5. The minimum absolute atomic E-state index is 0. The summed E-state index contributed by atoms with van der Waals surface area (Å²) in [5.74, 6) is 0. The van der Waals surface area contributed by atoms with Crippen LogP contribution in [0.15, 0.2) is 0 Å². The topological polar surface area (TPSA) is 0 Å². The van der Waals surface area contributed by atoms with E-state index in [-0.39, 0.29) is 32.7 Å². The number of halogens is 2. The van der Waals surface area contributed by atoms with Crippen molar-refractivity contribution >= 4 is 7.92 Å². The zero-order valence-electron chi connectivity index (χ0n) is 15.0. The fourth-order valence-corrected chi connectivity index (χ4v) is 6.54. The maximum absolute atomic E-state index is 2.34. The molecule has 0 aromatic rings. The molecule has 0 heterocycles. The van der Waals surface area contributed by atoms with Gasteiger partial charge in [-0.2, -0.15) is 0 Å². The van der Waals surface area contributed by atoms with Gasteiger partial charge in [0.1, 0.15) is 0 Å². The first-order valence-electron chi connectivity index (χ1n) is 8.02. The quantitative estimate of drug-likeness (QED) is 0.341. The summed E-state index contributed by atoms with van der Waals surface area (Å²) in [5.41, 5.74) is 1.09. The van der Waals surface area contributed by atoms with Crippen molar-refractivity contribution in [1.82, 2.24) is 0 Å². The zero-order chi connectivity index (χ0) is 14.5. The van der Waals surface area contributed by atoms with Gasteiger partial charge in [0.25, 0.3) is 0 Å². The molecule has 5 heteroatoms. The fraction of sp³-hybridized carbons (Fsp3) is 1.00. The molecule has 0 aromatic heterocycles. The van der Waals surface area contributed by atoms with Gasteiger partial charge in [0.2, 0.25) is 0 Å². The van der Waals surface area contributed by atoms with Crippen molar-refractivity contribution in [1.29, 1.82) is 0 Å². The third-order valence-electron chi connectivity index (χ3n) is 4.21. The lowest BCUT2D eigenvalue weighted by Gasteiger charge is -2.35. The van der Waals surface area contributed by atoms with Crippen molar-refractivity contribution in [2.45, 2.75) is 37.8 Å². The molecule has 0 spiro atoms. The molecule has 0 bridgehead atoms. The van der Waals surface area contributed by atoms with Crippen LogP contribution in [0, 0.1) is 0 Å². The predicted octanol–water partition coefficient (Wildman–Crippen LogP) is -2.78. The highest BCUT2D eigenvalue weighted by molar-refractivity contribution is 7.58. The summed E-state index contributed by atoms with van der Waals surface area (Å²) in [4.78, 5) is 0. The van der Waals surface area contributed by atoms with Crippen molar-refractivity contribution in [2.75, 3.05) is 67.7 Å². The summed E-state index contributed by atoms with van der Waals surface area (Å²) in [5, 5.41) is 0. The Morgan fingerprint density at radius 3 is 1.43 bits per heavy atom. The molecular weight excluding hydrogens is 322 g/mol. The van der Waals surface area contributed by atoms with Gasteiger partial charge in [0, 0.05) is 12.3 Å². The molecule has 0 unspecified atom stereocenters. The molecule has 0 radical (unpaired) electrons. The third kappa shape index (κ3) is 12.1. The van der Waals surface area contributed by atoms with E-state index < -0.39 is 0 Å². The van der Waals surface area contributed by atoms with Crippen LogP contribution in [0.1, 0.15) is 32.1 Å². The Bertz CT molecular complexity index is 238. The van der Waals surface area contributed by atoms with E-state index in [0.29, 0.717) is 0 Å². The SMILES string of the molecule is C[N+](C)(C)CCP(CC[N+](C)(C)C)C1CCCCC1.[Cl-].[Cl-]. The molecule has 1 aliphatic carbocycles. The van der Waals surface area contributed by atoms with Crippen LogP contribution in [-0.4, -0.2) is 82.3 Å². The average molecular weight is 359 g/mol. The molecule has 130 valence electrons. The van der Waals surface area contributed by atoms with Crippen LogP contribution in [-0.2, 0) is 0 Å². The van der Waals surface area contributed by atoms with E-state index in [1.54, 1.807) is 0 Å². The average Bonchev–Trinajstić information content (AvgIpc) is 2.27. The molecule has 21 heavy (non-hydrogen) atoms. The Morgan fingerprint density at radius 1 is 0.714 bits per heavy atom. The first-order valence-corrected chi connectivity index (χ1v) is 9.80. The van der Waals surface area contributed by atoms with Gasteiger partial charge in [-0.15, -0.1) is 0 Å². The van der Waals surface area contributed by atoms with Crippen LogP contribution in [0.4, 0.5) is 0 Å². The van der Waals surface area contributed by atoms with Gasteiger partial charge in [-0.1, -0.05) is 27.2 Å². The van der Waals surface area contributed by atoms with Gasteiger partial charge in [0.05, 0.1) is 55.4 Å². The second kappa shape index (κ2) is 10.7. The van der Waals surface area contributed by atoms with Crippen molar-refractivity contribution in [3.63, 3.8) is 0 Å². The smallest absolute Gasteiger partial charge is 0.0820 e. The summed E-state index contributed by atoms with van der Waals surface area (Å²) in [6.45, 7) is 2.72. The maximum Gasteiger partial charge on any atom is 0.0820 e. The number of quaternary nitrogens is 2. The first kappa shape index (κ1) is 24.2. The van der Waals surface area contributed by atoms with Gasteiger partial charge in [0.15, 0.2) is 0 Å². The van der Waals surface area contributed by atoms with Crippen LogP contribution >= 0.6 is 7.92 Å². The third-order valence-corrected chi connectivity index (χ3v) is 7.31. The number of nitrogens with zero attached hydrogens (tertiary/aromatic N) is 2. The number of hydrogen-bond acceptors (Lipinski definition) is 0. The molecule has 0 aromatic carbocycles. The second-order valence-corrected chi connectivity index (χ2v) is 11.2. The van der Waals surface area contributed by atoms with Gasteiger partial charge in [-0.05, 0) is 18.5 Å². The van der Waals surface area contributed by atoms with Gasteiger partial charge < -0.3 is 33.8 Å². The van der Waals surface area contributed by atoms with Gasteiger partial charge >= 0.3 is 0 Å². The van der Waals surface area contributed by atoms with Crippen LogP contribution in [0.25, 0.3) is 0 Å². The lowest BCUT2D eigenvalue weighted by Crippen LogP contribution is -3.00. The monoisotopic (exact) mass is 358 g/mol. The maximum atomic E-state index is 2.34. The molecular formula is C16H37Cl2N2P. The predicted molar refractivity (Wildman–Crippen MR) is 89.3 cm³/mol.